The fourth-order valence-corrected chi connectivity index (χ4v) is 2.04. The zero-order valence-electron chi connectivity index (χ0n) is 11.9. The molecule has 0 saturated carbocycles. The van der Waals surface area contributed by atoms with Crippen molar-refractivity contribution in [3.63, 3.8) is 0 Å². The van der Waals surface area contributed by atoms with E-state index in [-0.39, 0.29) is 21.8 Å². The van der Waals surface area contributed by atoms with Gasteiger partial charge in [0.15, 0.2) is 0 Å². The Hall–Kier alpha value is -0.600. The van der Waals surface area contributed by atoms with Gasteiger partial charge in [0.2, 0.25) is 0 Å². The summed E-state index contributed by atoms with van der Waals surface area (Å²) in [4.78, 5) is 0. The molecule has 0 aromatic heterocycles. The summed E-state index contributed by atoms with van der Waals surface area (Å²) in [6.07, 6.45) is 1.66. The lowest BCUT2D eigenvalue weighted by atomic mass is 9.84. The minimum absolute atomic E-state index is 0.201. The lowest BCUT2D eigenvalue weighted by Gasteiger charge is -2.23. The van der Waals surface area contributed by atoms with Crippen LogP contribution in [0.5, 0.6) is 0 Å². The van der Waals surface area contributed by atoms with Gasteiger partial charge in [0.05, 0.1) is 5.02 Å². The monoisotopic (exact) mass is 271 g/mol. The molecule has 0 radical (unpaired) electrons. The Bertz CT molecular complexity index is 427. The largest absolute Gasteiger partial charge is 0.326 e. The maximum absolute atomic E-state index is 14.0. The summed E-state index contributed by atoms with van der Waals surface area (Å²) < 4.78 is 14.0. The van der Waals surface area contributed by atoms with Gasteiger partial charge in [-0.1, -0.05) is 38.4 Å². The summed E-state index contributed by atoms with van der Waals surface area (Å²) >= 11 is 5.97. The van der Waals surface area contributed by atoms with Crippen LogP contribution in [0.4, 0.5) is 4.39 Å². The number of nitrogens with two attached hydrogens (primary N) is 1. The first kappa shape index (κ1) is 15.5. The van der Waals surface area contributed by atoms with E-state index in [1.54, 1.807) is 6.07 Å². The van der Waals surface area contributed by atoms with Gasteiger partial charge in [-0.25, -0.2) is 4.39 Å². The van der Waals surface area contributed by atoms with Crippen LogP contribution >= 0.6 is 11.6 Å². The fourth-order valence-electron chi connectivity index (χ4n) is 1.80. The summed E-state index contributed by atoms with van der Waals surface area (Å²) in [5.74, 6) is -0.306. The van der Waals surface area contributed by atoms with Crippen molar-refractivity contribution in [1.29, 1.82) is 0 Å². The molecule has 3 heteroatoms. The van der Waals surface area contributed by atoms with Crippen molar-refractivity contribution >= 4 is 11.6 Å². The number of rotatable bonds is 3. The third kappa shape index (κ3) is 4.25. The average Bonchev–Trinajstić information content (AvgIpc) is 2.16. The van der Waals surface area contributed by atoms with Gasteiger partial charge in [-0.15, -0.1) is 0 Å². The van der Waals surface area contributed by atoms with Crippen LogP contribution in [0.25, 0.3) is 0 Å². The summed E-state index contributed by atoms with van der Waals surface area (Å²) in [6.45, 7) is 9.93. The second kappa shape index (κ2) is 5.18. The number of hydrogen-bond donors (Lipinski definition) is 1. The van der Waals surface area contributed by atoms with Gasteiger partial charge in [0.1, 0.15) is 5.82 Å². The van der Waals surface area contributed by atoms with Crippen LogP contribution < -0.4 is 5.73 Å². The van der Waals surface area contributed by atoms with Gasteiger partial charge in [-0.05, 0) is 49.3 Å². The molecule has 0 aliphatic rings. The fraction of sp³-hybridized carbons (Fsp3) is 0.600. The summed E-state index contributed by atoms with van der Waals surface area (Å²) in [5, 5.41) is 0.201. The van der Waals surface area contributed by atoms with Gasteiger partial charge in [0.25, 0.3) is 0 Å². The summed E-state index contributed by atoms with van der Waals surface area (Å²) in [7, 11) is 0. The van der Waals surface area contributed by atoms with Crippen LogP contribution in [-0.4, -0.2) is 5.54 Å². The Balaban J connectivity index is 3.06. The van der Waals surface area contributed by atoms with Crippen molar-refractivity contribution in [1.82, 2.24) is 0 Å². The number of aryl methyl sites for hydroxylation is 1. The number of benzene rings is 1. The lowest BCUT2D eigenvalue weighted by Crippen LogP contribution is -2.32. The summed E-state index contributed by atoms with van der Waals surface area (Å²) in [6, 6.07) is 3.62. The van der Waals surface area contributed by atoms with Gasteiger partial charge >= 0.3 is 0 Å². The van der Waals surface area contributed by atoms with Crippen LogP contribution in [0.1, 0.15) is 52.2 Å². The SMILES string of the molecule is CC(C)(N)CCc1cc(Cl)c(F)c(C(C)(C)C)c1. The molecule has 0 fully saturated rings. The standard InChI is InChI=1S/C15H23ClFN/c1-14(2,3)11-8-10(6-7-15(4,5)18)9-12(16)13(11)17/h8-9H,6-7,18H2,1-5H3. The molecule has 0 atom stereocenters. The summed E-state index contributed by atoms with van der Waals surface area (Å²) in [5.41, 5.74) is 7.21. The molecule has 102 valence electrons. The van der Waals surface area contributed by atoms with E-state index in [1.165, 1.54) is 0 Å². The first-order valence-electron chi connectivity index (χ1n) is 6.28. The zero-order chi connectivity index (χ0) is 14.1. The van der Waals surface area contributed by atoms with E-state index in [9.17, 15) is 4.39 Å². The van der Waals surface area contributed by atoms with Crippen LogP contribution in [0, 0.1) is 5.82 Å². The molecule has 1 rings (SSSR count). The van der Waals surface area contributed by atoms with Crippen molar-refractivity contribution in [2.24, 2.45) is 5.73 Å². The van der Waals surface area contributed by atoms with Gasteiger partial charge in [-0.2, -0.15) is 0 Å². The Morgan fingerprint density at radius 1 is 1.17 bits per heavy atom. The molecule has 0 heterocycles. The molecule has 0 bridgehead atoms. The Kier molecular flexibility index (Phi) is 4.45. The Morgan fingerprint density at radius 2 is 1.72 bits per heavy atom. The first-order valence-corrected chi connectivity index (χ1v) is 6.66. The molecule has 0 spiro atoms. The van der Waals surface area contributed by atoms with E-state index in [4.69, 9.17) is 17.3 Å². The van der Waals surface area contributed by atoms with Crippen molar-refractivity contribution < 1.29 is 4.39 Å². The smallest absolute Gasteiger partial charge is 0.145 e. The normalized spacial score (nSPS) is 12.9. The molecule has 1 aromatic carbocycles. The molecule has 0 saturated heterocycles. The second-order valence-electron chi connectivity index (χ2n) is 6.68. The van der Waals surface area contributed by atoms with Crippen LogP contribution in [-0.2, 0) is 11.8 Å². The Morgan fingerprint density at radius 3 is 2.17 bits per heavy atom. The predicted molar refractivity (Wildman–Crippen MR) is 76.7 cm³/mol. The number of hydrogen-bond acceptors (Lipinski definition) is 1. The minimum Gasteiger partial charge on any atom is -0.326 e. The molecule has 1 nitrogen and oxygen atoms in total. The van der Waals surface area contributed by atoms with E-state index < -0.39 is 0 Å². The molecule has 0 unspecified atom stereocenters. The van der Waals surface area contributed by atoms with E-state index in [2.05, 4.69) is 0 Å². The van der Waals surface area contributed by atoms with Crippen molar-refractivity contribution in [3.05, 3.63) is 34.1 Å². The molecule has 0 aliphatic carbocycles. The molecule has 0 amide bonds. The highest BCUT2D eigenvalue weighted by Gasteiger charge is 2.21. The lowest BCUT2D eigenvalue weighted by molar-refractivity contribution is 0.475. The highest BCUT2D eigenvalue weighted by molar-refractivity contribution is 6.30. The van der Waals surface area contributed by atoms with E-state index >= 15 is 0 Å². The zero-order valence-corrected chi connectivity index (χ0v) is 12.7. The molecule has 2 N–H and O–H groups in total. The second-order valence-corrected chi connectivity index (χ2v) is 7.08. The maximum atomic E-state index is 14.0. The third-order valence-electron chi connectivity index (χ3n) is 2.95. The van der Waals surface area contributed by atoms with Gasteiger partial charge in [0, 0.05) is 5.54 Å². The van der Waals surface area contributed by atoms with Gasteiger partial charge < -0.3 is 5.73 Å². The topological polar surface area (TPSA) is 26.0 Å². The molecular formula is C15H23ClFN. The highest BCUT2D eigenvalue weighted by Crippen LogP contribution is 2.31. The van der Waals surface area contributed by atoms with Crippen LogP contribution in [0.2, 0.25) is 5.02 Å². The molecule has 18 heavy (non-hydrogen) atoms. The van der Waals surface area contributed by atoms with Crippen LogP contribution in [0.3, 0.4) is 0 Å². The van der Waals surface area contributed by atoms with Crippen molar-refractivity contribution in [3.8, 4) is 0 Å². The molecular weight excluding hydrogens is 249 g/mol. The van der Waals surface area contributed by atoms with Crippen LogP contribution in [0.15, 0.2) is 12.1 Å². The van der Waals surface area contributed by atoms with E-state index in [0.29, 0.717) is 5.56 Å². The Labute approximate surface area is 115 Å². The highest BCUT2D eigenvalue weighted by atomic mass is 35.5. The number of halogens is 2. The third-order valence-corrected chi connectivity index (χ3v) is 3.23. The first-order chi connectivity index (χ1) is 8.00. The molecule has 0 aliphatic heterocycles. The van der Waals surface area contributed by atoms with Crippen molar-refractivity contribution in [2.75, 3.05) is 0 Å². The maximum Gasteiger partial charge on any atom is 0.145 e. The van der Waals surface area contributed by atoms with Gasteiger partial charge in [-0.3, -0.25) is 0 Å². The van der Waals surface area contributed by atoms with E-state index in [1.807, 2.05) is 40.7 Å². The average molecular weight is 272 g/mol. The van der Waals surface area contributed by atoms with Crippen molar-refractivity contribution in [2.45, 2.75) is 58.4 Å². The van der Waals surface area contributed by atoms with E-state index in [0.717, 1.165) is 18.4 Å². The quantitative estimate of drug-likeness (QED) is 0.864. The minimum atomic E-state index is -0.306. The predicted octanol–water partition coefficient (Wildman–Crippen LogP) is 4.45. The molecule has 1 aromatic rings.